The summed E-state index contributed by atoms with van der Waals surface area (Å²) in [5, 5.41) is 13.4. The second-order valence-electron chi connectivity index (χ2n) is 7.53. The Hall–Kier alpha value is -2.21. The Morgan fingerprint density at radius 2 is 1.79 bits per heavy atom. The quantitative estimate of drug-likeness (QED) is 0.400. The lowest BCUT2D eigenvalue weighted by atomic mass is 9.99. The van der Waals surface area contributed by atoms with E-state index in [0.29, 0.717) is 18.5 Å². The number of hydrogen-bond donors (Lipinski definition) is 2. The average molecular weight is 399 g/mol. The fourth-order valence-electron chi connectivity index (χ4n) is 3.02. The van der Waals surface area contributed by atoms with Crippen LogP contribution in [0.3, 0.4) is 0 Å². The molecule has 2 aromatic rings. The van der Waals surface area contributed by atoms with Crippen LogP contribution in [0.5, 0.6) is 0 Å². The van der Waals surface area contributed by atoms with E-state index in [-0.39, 0.29) is 12.4 Å². The minimum Gasteiger partial charge on any atom is -0.389 e. The SMILES string of the molecule is CCCCNCC(O)COC(Cc1ccc(N(C)C)cc1)C(=O)c1ccccc1. The van der Waals surface area contributed by atoms with Crippen LogP contribution < -0.4 is 10.2 Å². The summed E-state index contributed by atoms with van der Waals surface area (Å²) in [4.78, 5) is 15.0. The van der Waals surface area contributed by atoms with Gasteiger partial charge in [0.1, 0.15) is 6.10 Å². The molecule has 29 heavy (non-hydrogen) atoms. The van der Waals surface area contributed by atoms with Gasteiger partial charge in [0, 0.05) is 38.3 Å². The number of Topliss-reactive ketones (excluding diaryl/α,β-unsaturated/α-hetero) is 1. The number of rotatable bonds is 13. The molecule has 5 heteroatoms. The molecule has 0 spiro atoms. The van der Waals surface area contributed by atoms with Gasteiger partial charge in [-0.3, -0.25) is 4.79 Å². The van der Waals surface area contributed by atoms with Gasteiger partial charge in [-0.1, -0.05) is 55.8 Å². The summed E-state index contributed by atoms with van der Waals surface area (Å²) in [6.45, 7) is 3.59. The molecule has 2 unspecified atom stereocenters. The minimum absolute atomic E-state index is 0.0616. The molecule has 0 amide bonds. The summed E-state index contributed by atoms with van der Waals surface area (Å²) in [5.41, 5.74) is 2.76. The van der Waals surface area contributed by atoms with E-state index < -0.39 is 12.2 Å². The third-order valence-corrected chi connectivity index (χ3v) is 4.80. The van der Waals surface area contributed by atoms with Gasteiger partial charge in [0.25, 0.3) is 0 Å². The summed E-state index contributed by atoms with van der Waals surface area (Å²) in [6, 6.07) is 17.3. The summed E-state index contributed by atoms with van der Waals surface area (Å²) < 4.78 is 5.91. The first-order chi connectivity index (χ1) is 14.0. The molecule has 2 N–H and O–H groups in total. The van der Waals surface area contributed by atoms with Gasteiger partial charge in [-0.2, -0.15) is 0 Å². The van der Waals surface area contributed by atoms with Gasteiger partial charge in [-0.05, 0) is 30.7 Å². The second kappa shape index (κ2) is 12.4. The van der Waals surface area contributed by atoms with Crippen LogP contribution in [0.1, 0.15) is 35.7 Å². The highest BCUT2D eigenvalue weighted by molar-refractivity contribution is 5.99. The fraction of sp³-hybridized carbons (Fsp3) is 0.458. The average Bonchev–Trinajstić information content (AvgIpc) is 2.74. The lowest BCUT2D eigenvalue weighted by Crippen LogP contribution is -2.35. The second-order valence-corrected chi connectivity index (χ2v) is 7.53. The van der Waals surface area contributed by atoms with Crippen LogP contribution in [0.15, 0.2) is 54.6 Å². The number of aliphatic hydroxyl groups excluding tert-OH is 1. The topological polar surface area (TPSA) is 61.8 Å². The van der Waals surface area contributed by atoms with E-state index in [4.69, 9.17) is 4.74 Å². The van der Waals surface area contributed by atoms with Crippen molar-refractivity contribution in [2.45, 2.75) is 38.4 Å². The highest BCUT2D eigenvalue weighted by Gasteiger charge is 2.22. The number of ether oxygens (including phenoxy) is 1. The molecule has 0 saturated heterocycles. The molecule has 0 bridgehead atoms. The Morgan fingerprint density at radius 1 is 1.10 bits per heavy atom. The molecular weight excluding hydrogens is 364 g/mol. The maximum absolute atomic E-state index is 13.0. The first kappa shape index (κ1) is 23.1. The Bertz CT molecular complexity index is 717. The van der Waals surface area contributed by atoms with Crippen LogP contribution in [-0.4, -0.2) is 56.9 Å². The number of carbonyl (C=O) groups excluding carboxylic acids is 1. The third kappa shape index (κ3) is 7.97. The molecule has 0 aliphatic carbocycles. The Kier molecular flexibility index (Phi) is 9.84. The molecule has 2 atom stereocenters. The number of carbonyl (C=O) groups is 1. The molecule has 0 aliphatic rings. The van der Waals surface area contributed by atoms with Gasteiger partial charge in [0.15, 0.2) is 5.78 Å². The maximum atomic E-state index is 13.0. The summed E-state index contributed by atoms with van der Waals surface area (Å²) in [5.74, 6) is -0.0616. The zero-order valence-electron chi connectivity index (χ0n) is 17.8. The molecule has 5 nitrogen and oxygen atoms in total. The van der Waals surface area contributed by atoms with E-state index in [1.54, 1.807) is 12.1 Å². The minimum atomic E-state index is -0.644. The van der Waals surface area contributed by atoms with Crippen LogP contribution >= 0.6 is 0 Å². The van der Waals surface area contributed by atoms with Gasteiger partial charge in [0.05, 0.1) is 12.7 Å². The van der Waals surface area contributed by atoms with E-state index >= 15 is 0 Å². The highest BCUT2D eigenvalue weighted by atomic mass is 16.5. The van der Waals surface area contributed by atoms with Crippen LogP contribution in [0, 0.1) is 0 Å². The van der Waals surface area contributed by atoms with Crippen molar-refractivity contribution in [3.05, 3.63) is 65.7 Å². The predicted octanol–water partition coefficient (Wildman–Crippen LogP) is 3.31. The number of hydrogen-bond acceptors (Lipinski definition) is 5. The number of nitrogens with zero attached hydrogens (tertiary/aromatic N) is 1. The molecule has 0 fully saturated rings. The largest absolute Gasteiger partial charge is 0.389 e. The van der Waals surface area contributed by atoms with Crippen LogP contribution in [0.25, 0.3) is 0 Å². The monoisotopic (exact) mass is 398 g/mol. The van der Waals surface area contributed by atoms with Gasteiger partial charge in [-0.15, -0.1) is 0 Å². The molecule has 0 heterocycles. The predicted molar refractivity (Wildman–Crippen MR) is 119 cm³/mol. The van der Waals surface area contributed by atoms with Crippen molar-refractivity contribution in [1.29, 1.82) is 0 Å². The van der Waals surface area contributed by atoms with Crippen LogP contribution in [0.2, 0.25) is 0 Å². The van der Waals surface area contributed by atoms with Crippen molar-refractivity contribution >= 4 is 11.5 Å². The summed E-state index contributed by atoms with van der Waals surface area (Å²) in [7, 11) is 3.99. The number of nitrogens with one attached hydrogen (secondary N) is 1. The smallest absolute Gasteiger partial charge is 0.191 e. The van der Waals surface area contributed by atoms with E-state index in [2.05, 4.69) is 12.2 Å². The molecule has 2 aromatic carbocycles. The molecule has 2 rings (SSSR count). The Balaban J connectivity index is 2.02. The Morgan fingerprint density at radius 3 is 2.41 bits per heavy atom. The van der Waals surface area contributed by atoms with Crippen molar-refractivity contribution < 1.29 is 14.6 Å². The van der Waals surface area contributed by atoms with Gasteiger partial charge < -0.3 is 20.1 Å². The molecule has 0 radical (unpaired) electrons. The van der Waals surface area contributed by atoms with Crippen LogP contribution in [0.4, 0.5) is 5.69 Å². The lowest BCUT2D eigenvalue weighted by molar-refractivity contribution is -0.00164. The Labute approximate surface area is 174 Å². The zero-order valence-corrected chi connectivity index (χ0v) is 17.8. The molecular formula is C24H34N2O3. The van der Waals surface area contributed by atoms with Crippen LogP contribution in [-0.2, 0) is 11.2 Å². The van der Waals surface area contributed by atoms with Gasteiger partial charge in [0.2, 0.25) is 0 Å². The molecule has 0 aliphatic heterocycles. The van der Waals surface area contributed by atoms with Gasteiger partial charge in [-0.25, -0.2) is 0 Å². The molecule has 0 aromatic heterocycles. The lowest BCUT2D eigenvalue weighted by Gasteiger charge is -2.20. The maximum Gasteiger partial charge on any atom is 0.191 e. The van der Waals surface area contributed by atoms with Crippen molar-refractivity contribution in [3.8, 4) is 0 Å². The number of ketones is 1. The van der Waals surface area contributed by atoms with E-state index in [1.165, 1.54) is 0 Å². The normalized spacial score (nSPS) is 13.1. The highest BCUT2D eigenvalue weighted by Crippen LogP contribution is 2.17. The first-order valence-corrected chi connectivity index (χ1v) is 10.4. The van der Waals surface area contributed by atoms with Gasteiger partial charge >= 0.3 is 0 Å². The number of unbranched alkanes of at least 4 members (excludes halogenated alkanes) is 1. The standard InChI is InChI=1S/C24H34N2O3/c1-4-5-15-25-17-22(27)18-29-23(24(28)20-9-7-6-8-10-20)16-19-11-13-21(14-12-19)26(2)3/h6-14,22-23,25,27H,4-5,15-18H2,1-3H3. The zero-order chi connectivity index (χ0) is 21.1. The van der Waals surface area contributed by atoms with E-state index in [0.717, 1.165) is 30.6 Å². The summed E-state index contributed by atoms with van der Waals surface area (Å²) >= 11 is 0. The number of aliphatic hydroxyl groups is 1. The van der Waals surface area contributed by atoms with Crippen molar-refractivity contribution in [1.82, 2.24) is 5.32 Å². The molecule has 158 valence electrons. The van der Waals surface area contributed by atoms with E-state index in [9.17, 15) is 9.90 Å². The van der Waals surface area contributed by atoms with Crippen molar-refractivity contribution in [2.24, 2.45) is 0 Å². The van der Waals surface area contributed by atoms with E-state index in [1.807, 2.05) is 61.5 Å². The summed E-state index contributed by atoms with van der Waals surface area (Å²) in [6.07, 6.45) is 1.38. The first-order valence-electron chi connectivity index (χ1n) is 10.4. The van der Waals surface area contributed by atoms with Crippen molar-refractivity contribution in [3.63, 3.8) is 0 Å². The fourth-order valence-corrected chi connectivity index (χ4v) is 3.02. The number of benzene rings is 2. The third-order valence-electron chi connectivity index (χ3n) is 4.80. The molecule has 0 saturated carbocycles. The number of anilines is 1. The van der Waals surface area contributed by atoms with Crippen molar-refractivity contribution in [2.75, 3.05) is 38.7 Å².